The second-order valence-corrected chi connectivity index (χ2v) is 5.83. The molecule has 1 fully saturated rings. The zero-order valence-corrected chi connectivity index (χ0v) is 12.0. The molecule has 1 aliphatic carbocycles. The van der Waals surface area contributed by atoms with Crippen LogP contribution in [0.1, 0.15) is 46.5 Å². The molecule has 0 aromatic carbocycles. The van der Waals surface area contributed by atoms with Gasteiger partial charge in [-0.2, -0.15) is 0 Å². The van der Waals surface area contributed by atoms with E-state index in [-0.39, 0.29) is 5.91 Å². The number of thiocarbonyl (C=S) groups is 1. The highest BCUT2D eigenvalue weighted by molar-refractivity contribution is 7.80. The smallest absolute Gasteiger partial charge is 0.235 e. The Kier molecular flexibility index (Phi) is 4.92. The summed E-state index contributed by atoms with van der Waals surface area (Å²) >= 11 is 5.15. The first kappa shape index (κ1) is 14.4. The number of hydrogen-bond acceptors (Lipinski definition) is 2. The maximum Gasteiger partial charge on any atom is 0.235 e. The van der Waals surface area contributed by atoms with Gasteiger partial charge in [-0.25, -0.2) is 0 Å². The fourth-order valence-electron chi connectivity index (χ4n) is 2.64. The van der Waals surface area contributed by atoms with Crippen molar-refractivity contribution in [1.29, 1.82) is 0 Å². The molecule has 98 valence electrons. The predicted molar refractivity (Wildman–Crippen MR) is 74.8 cm³/mol. The van der Waals surface area contributed by atoms with Gasteiger partial charge in [0.2, 0.25) is 5.91 Å². The van der Waals surface area contributed by atoms with Gasteiger partial charge in [-0.05, 0) is 25.7 Å². The normalized spacial score (nSPS) is 18.4. The van der Waals surface area contributed by atoms with Crippen LogP contribution < -0.4 is 5.73 Å². The van der Waals surface area contributed by atoms with Gasteiger partial charge in [0.15, 0.2) is 0 Å². The fourth-order valence-corrected chi connectivity index (χ4v) is 2.93. The number of hydrogen-bond donors (Lipinski definition) is 1. The lowest BCUT2D eigenvalue weighted by molar-refractivity contribution is -0.138. The van der Waals surface area contributed by atoms with Crippen LogP contribution in [0.5, 0.6) is 0 Å². The minimum Gasteiger partial charge on any atom is -0.392 e. The van der Waals surface area contributed by atoms with E-state index in [2.05, 4.69) is 13.8 Å². The minimum absolute atomic E-state index is 0.152. The van der Waals surface area contributed by atoms with Crippen LogP contribution in [0.25, 0.3) is 0 Å². The quantitative estimate of drug-likeness (QED) is 0.768. The van der Waals surface area contributed by atoms with Gasteiger partial charge in [0.25, 0.3) is 0 Å². The monoisotopic (exact) mass is 256 g/mol. The highest BCUT2D eigenvalue weighted by Crippen LogP contribution is 2.40. The van der Waals surface area contributed by atoms with Crippen molar-refractivity contribution in [3.05, 3.63) is 0 Å². The van der Waals surface area contributed by atoms with Crippen molar-refractivity contribution in [3.8, 4) is 0 Å². The van der Waals surface area contributed by atoms with E-state index >= 15 is 0 Å². The number of rotatable bonds is 5. The van der Waals surface area contributed by atoms with Crippen LogP contribution in [0.15, 0.2) is 0 Å². The van der Waals surface area contributed by atoms with Gasteiger partial charge in [0, 0.05) is 13.1 Å². The molecule has 1 aliphatic rings. The molecule has 1 rings (SSSR count). The van der Waals surface area contributed by atoms with E-state index in [0.717, 1.165) is 38.8 Å². The molecule has 0 aliphatic heterocycles. The molecule has 0 unspecified atom stereocenters. The highest BCUT2D eigenvalue weighted by atomic mass is 32.1. The molecule has 17 heavy (non-hydrogen) atoms. The number of nitrogens with zero attached hydrogens (tertiary/aromatic N) is 1. The summed E-state index contributed by atoms with van der Waals surface area (Å²) < 4.78 is 0. The van der Waals surface area contributed by atoms with Gasteiger partial charge in [0.1, 0.15) is 0 Å². The SMILES string of the molecule is CCN(CC(C)C)C(=O)C1(C(N)=S)CCCC1. The third kappa shape index (κ3) is 2.97. The van der Waals surface area contributed by atoms with Crippen LogP contribution in [0.3, 0.4) is 0 Å². The van der Waals surface area contributed by atoms with Crippen LogP contribution >= 0.6 is 12.2 Å². The molecular formula is C13H24N2OS. The maximum atomic E-state index is 12.6. The van der Waals surface area contributed by atoms with Crippen molar-refractivity contribution in [1.82, 2.24) is 4.90 Å². The summed E-state index contributed by atoms with van der Waals surface area (Å²) in [5.74, 6) is 0.627. The second kappa shape index (κ2) is 5.80. The van der Waals surface area contributed by atoms with Gasteiger partial charge in [-0.3, -0.25) is 4.79 Å². The van der Waals surface area contributed by atoms with Crippen LogP contribution in [-0.4, -0.2) is 28.9 Å². The Morgan fingerprint density at radius 2 is 1.94 bits per heavy atom. The molecule has 0 atom stereocenters. The average Bonchev–Trinajstić information content (AvgIpc) is 2.74. The van der Waals surface area contributed by atoms with Gasteiger partial charge < -0.3 is 10.6 Å². The van der Waals surface area contributed by atoms with Gasteiger partial charge >= 0.3 is 0 Å². The van der Waals surface area contributed by atoms with Gasteiger partial charge in [-0.15, -0.1) is 0 Å². The lowest BCUT2D eigenvalue weighted by Crippen LogP contribution is -2.50. The first-order chi connectivity index (χ1) is 7.94. The summed E-state index contributed by atoms with van der Waals surface area (Å²) in [7, 11) is 0. The summed E-state index contributed by atoms with van der Waals surface area (Å²) in [4.78, 5) is 14.9. The summed E-state index contributed by atoms with van der Waals surface area (Å²) in [5, 5.41) is 0. The molecule has 0 radical (unpaired) electrons. The van der Waals surface area contributed by atoms with Crippen molar-refractivity contribution in [2.24, 2.45) is 17.1 Å². The van der Waals surface area contributed by atoms with Crippen LogP contribution in [-0.2, 0) is 4.79 Å². The third-order valence-electron chi connectivity index (χ3n) is 3.59. The zero-order chi connectivity index (χ0) is 13.1. The second-order valence-electron chi connectivity index (χ2n) is 5.39. The molecule has 2 N–H and O–H groups in total. The van der Waals surface area contributed by atoms with Gasteiger partial charge in [0.05, 0.1) is 10.4 Å². The van der Waals surface area contributed by atoms with Crippen molar-refractivity contribution < 1.29 is 4.79 Å². The molecule has 0 aromatic rings. The third-order valence-corrected chi connectivity index (χ3v) is 3.98. The maximum absolute atomic E-state index is 12.6. The molecular weight excluding hydrogens is 232 g/mol. The summed E-state index contributed by atoms with van der Waals surface area (Å²) in [6, 6.07) is 0. The van der Waals surface area contributed by atoms with Crippen LogP contribution in [0.4, 0.5) is 0 Å². The first-order valence-corrected chi connectivity index (χ1v) is 6.94. The van der Waals surface area contributed by atoms with E-state index in [1.807, 2.05) is 11.8 Å². The molecule has 0 aromatic heterocycles. The molecule has 0 saturated heterocycles. The summed E-state index contributed by atoms with van der Waals surface area (Å²) in [5.41, 5.74) is 5.30. The van der Waals surface area contributed by atoms with Crippen LogP contribution in [0, 0.1) is 11.3 Å². The van der Waals surface area contributed by atoms with E-state index in [4.69, 9.17) is 18.0 Å². The molecule has 3 nitrogen and oxygen atoms in total. The number of amides is 1. The Labute approximate surface area is 110 Å². The first-order valence-electron chi connectivity index (χ1n) is 6.53. The molecule has 1 saturated carbocycles. The lowest BCUT2D eigenvalue weighted by Gasteiger charge is -2.34. The number of nitrogens with two attached hydrogens (primary N) is 1. The lowest BCUT2D eigenvalue weighted by atomic mass is 9.84. The van der Waals surface area contributed by atoms with E-state index in [1.54, 1.807) is 0 Å². The Balaban J connectivity index is 2.87. The number of carbonyl (C=O) groups is 1. The summed E-state index contributed by atoms with van der Waals surface area (Å²) in [6.07, 6.45) is 3.77. The fraction of sp³-hybridized carbons (Fsp3) is 0.846. The molecule has 0 spiro atoms. The Hall–Kier alpha value is -0.640. The Bertz CT molecular complexity index is 296. The van der Waals surface area contributed by atoms with E-state index in [0.29, 0.717) is 10.9 Å². The van der Waals surface area contributed by atoms with Crippen LogP contribution in [0.2, 0.25) is 0 Å². The van der Waals surface area contributed by atoms with Gasteiger partial charge in [-0.1, -0.05) is 38.9 Å². The summed E-state index contributed by atoms with van der Waals surface area (Å²) in [6.45, 7) is 7.79. The van der Waals surface area contributed by atoms with Crippen molar-refractivity contribution >= 4 is 23.1 Å². The average molecular weight is 256 g/mol. The molecule has 1 amide bonds. The Morgan fingerprint density at radius 3 is 2.29 bits per heavy atom. The molecule has 0 bridgehead atoms. The van der Waals surface area contributed by atoms with E-state index in [1.165, 1.54) is 0 Å². The molecule has 4 heteroatoms. The highest BCUT2D eigenvalue weighted by Gasteiger charge is 2.45. The van der Waals surface area contributed by atoms with Crippen molar-refractivity contribution in [2.75, 3.05) is 13.1 Å². The molecule has 0 heterocycles. The largest absolute Gasteiger partial charge is 0.392 e. The number of carbonyl (C=O) groups excluding carboxylic acids is 1. The van der Waals surface area contributed by atoms with E-state index < -0.39 is 5.41 Å². The zero-order valence-electron chi connectivity index (χ0n) is 11.2. The standard InChI is InChI=1S/C13H24N2OS/c1-4-15(9-10(2)3)12(16)13(11(14)17)7-5-6-8-13/h10H,4-9H2,1-3H3,(H2,14,17). The van der Waals surface area contributed by atoms with E-state index in [9.17, 15) is 4.79 Å². The van der Waals surface area contributed by atoms with Crippen molar-refractivity contribution in [3.63, 3.8) is 0 Å². The van der Waals surface area contributed by atoms with Crippen molar-refractivity contribution in [2.45, 2.75) is 46.5 Å². The minimum atomic E-state index is -0.541. The topological polar surface area (TPSA) is 46.3 Å². The Morgan fingerprint density at radius 1 is 1.41 bits per heavy atom. The predicted octanol–water partition coefficient (Wildman–Crippen LogP) is 2.34.